The first-order chi connectivity index (χ1) is 14.8. The van der Waals surface area contributed by atoms with Gasteiger partial charge in [0.1, 0.15) is 0 Å². The van der Waals surface area contributed by atoms with E-state index in [9.17, 15) is 18.0 Å². The first kappa shape index (κ1) is 21.4. The van der Waals surface area contributed by atoms with Crippen molar-refractivity contribution in [3.63, 3.8) is 0 Å². The average Bonchev–Trinajstić information content (AvgIpc) is 2.75. The second-order valence-electron chi connectivity index (χ2n) is 8.29. The van der Waals surface area contributed by atoms with Crippen LogP contribution in [0.15, 0.2) is 53.4 Å². The Balaban J connectivity index is 1.45. The number of carbonyl (C=O) groups excluding carboxylic acids is 2. The van der Waals surface area contributed by atoms with Crippen molar-refractivity contribution in [3.8, 4) is 0 Å². The predicted octanol–water partition coefficient (Wildman–Crippen LogP) is 3.77. The Morgan fingerprint density at radius 3 is 1.97 bits per heavy atom. The van der Waals surface area contributed by atoms with Gasteiger partial charge in [-0.3, -0.25) is 19.2 Å². The Hall–Kier alpha value is -2.87. The zero-order valence-corrected chi connectivity index (χ0v) is 18.4. The summed E-state index contributed by atoms with van der Waals surface area (Å²) in [5, 5.41) is 0. The second-order valence-corrected chi connectivity index (χ2v) is 9.97. The lowest BCUT2D eigenvalue weighted by Gasteiger charge is -2.32. The Morgan fingerprint density at radius 2 is 1.39 bits per heavy atom. The van der Waals surface area contributed by atoms with Crippen molar-refractivity contribution < 1.29 is 18.0 Å². The van der Waals surface area contributed by atoms with Crippen molar-refractivity contribution in [2.75, 3.05) is 27.6 Å². The molecule has 0 spiro atoms. The third kappa shape index (κ3) is 4.74. The lowest BCUT2D eigenvalue weighted by molar-refractivity contribution is -0.129. The Labute approximate surface area is 183 Å². The summed E-state index contributed by atoms with van der Waals surface area (Å²) in [6.45, 7) is 4.30. The first-order valence-corrected chi connectivity index (χ1v) is 12.2. The minimum Gasteiger partial charge on any atom is -0.372 e. The molecule has 0 radical (unpaired) electrons. The molecule has 2 aromatic rings. The summed E-state index contributed by atoms with van der Waals surface area (Å²) < 4.78 is 28.1. The molecule has 7 nitrogen and oxygen atoms in total. The predicted molar refractivity (Wildman–Crippen MR) is 121 cm³/mol. The smallest absolute Gasteiger partial charge is 0.261 e. The molecule has 0 bridgehead atoms. The van der Waals surface area contributed by atoms with Gasteiger partial charge in [0.05, 0.1) is 10.6 Å². The van der Waals surface area contributed by atoms with Gasteiger partial charge in [-0.15, -0.1) is 0 Å². The van der Waals surface area contributed by atoms with Crippen molar-refractivity contribution in [2.45, 2.75) is 43.9 Å². The van der Waals surface area contributed by atoms with E-state index in [-0.39, 0.29) is 16.7 Å². The molecule has 2 aromatic carbocycles. The van der Waals surface area contributed by atoms with E-state index in [1.165, 1.54) is 37.1 Å². The summed E-state index contributed by atoms with van der Waals surface area (Å²) >= 11 is 0. The zero-order valence-electron chi connectivity index (χ0n) is 17.6. The van der Waals surface area contributed by atoms with Gasteiger partial charge >= 0.3 is 0 Å². The first-order valence-electron chi connectivity index (χ1n) is 10.7. The van der Waals surface area contributed by atoms with Crippen molar-refractivity contribution in [3.05, 3.63) is 48.5 Å². The number of nitrogens with zero attached hydrogens (tertiary/aromatic N) is 2. The summed E-state index contributed by atoms with van der Waals surface area (Å²) in [7, 11) is -3.78. The van der Waals surface area contributed by atoms with E-state index in [1.807, 2.05) is 12.1 Å². The molecule has 2 heterocycles. The summed E-state index contributed by atoms with van der Waals surface area (Å²) in [4.78, 5) is 27.6. The van der Waals surface area contributed by atoms with Gasteiger partial charge in [-0.1, -0.05) is 6.92 Å². The van der Waals surface area contributed by atoms with E-state index in [1.54, 1.807) is 12.1 Å². The fourth-order valence-electron chi connectivity index (χ4n) is 4.04. The van der Waals surface area contributed by atoms with Crippen molar-refractivity contribution in [1.82, 2.24) is 0 Å². The maximum absolute atomic E-state index is 12.8. The number of amides is 2. The highest BCUT2D eigenvalue weighted by Crippen LogP contribution is 2.27. The zero-order chi connectivity index (χ0) is 22.0. The molecule has 0 aromatic heterocycles. The van der Waals surface area contributed by atoms with E-state index in [2.05, 4.69) is 16.5 Å². The Bertz CT molecular complexity index is 1040. The van der Waals surface area contributed by atoms with Crippen LogP contribution in [-0.4, -0.2) is 33.3 Å². The molecule has 0 atom stereocenters. The molecule has 2 fully saturated rings. The number of benzene rings is 2. The normalized spacial score (nSPS) is 18.4. The fraction of sp³-hybridized carbons (Fsp3) is 0.391. The quantitative estimate of drug-likeness (QED) is 0.714. The van der Waals surface area contributed by atoms with Gasteiger partial charge in [-0.2, -0.15) is 0 Å². The van der Waals surface area contributed by atoms with Crippen LogP contribution >= 0.6 is 0 Å². The van der Waals surface area contributed by atoms with Gasteiger partial charge in [0.25, 0.3) is 10.0 Å². The van der Waals surface area contributed by atoms with Crippen molar-refractivity contribution >= 4 is 38.9 Å². The molecule has 31 heavy (non-hydrogen) atoms. The van der Waals surface area contributed by atoms with Gasteiger partial charge in [0, 0.05) is 37.3 Å². The molecule has 0 unspecified atom stereocenters. The molecule has 0 saturated carbocycles. The number of hydrogen-bond donors (Lipinski definition) is 1. The van der Waals surface area contributed by atoms with E-state index in [4.69, 9.17) is 0 Å². The second kappa shape index (κ2) is 8.70. The summed E-state index contributed by atoms with van der Waals surface area (Å²) in [5.41, 5.74) is 1.98. The fourth-order valence-corrected chi connectivity index (χ4v) is 5.10. The maximum atomic E-state index is 12.8. The third-order valence-electron chi connectivity index (χ3n) is 5.95. The number of hydrogen-bond acceptors (Lipinski definition) is 5. The van der Waals surface area contributed by atoms with Gasteiger partial charge in [-0.25, -0.2) is 8.42 Å². The molecule has 1 N–H and O–H groups in total. The van der Waals surface area contributed by atoms with Crippen LogP contribution in [0.1, 0.15) is 39.0 Å². The van der Waals surface area contributed by atoms with Crippen LogP contribution in [0.5, 0.6) is 0 Å². The van der Waals surface area contributed by atoms with E-state index in [0.29, 0.717) is 30.6 Å². The number of nitrogens with one attached hydrogen (secondary N) is 1. The van der Waals surface area contributed by atoms with E-state index < -0.39 is 10.0 Å². The topological polar surface area (TPSA) is 86.8 Å². The minimum atomic E-state index is -3.78. The van der Waals surface area contributed by atoms with Crippen LogP contribution in [0.2, 0.25) is 0 Å². The number of anilines is 3. The molecular weight excluding hydrogens is 414 g/mol. The number of carbonyl (C=O) groups is 2. The highest BCUT2D eigenvalue weighted by atomic mass is 32.2. The van der Waals surface area contributed by atoms with Crippen LogP contribution in [0.4, 0.5) is 17.1 Å². The van der Waals surface area contributed by atoms with E-state index in [0.717, 1.165) is 29.6 Å². The molecule has 164 valence electrons. The molecule has 8 heteroatoms. The molecule has 2 aliphatic rings. The lowest BCUT2D eigenvalue weighted by Crippen LogP contribution is -2.40. The van der Waals surface area contributed by atoms with Gasteiger partial charge < -0.3 is 4.90 Å². The van der Waals surface area contributed by atoms with Crippen LogP contribution in [0.25, 0.3) is 0 Å². The number of imide groups is 1. The summed E-state index contributed by atoms with van der Waals surface area (Å²) in [6, 6.07) is 13.2. The monoisotopic (exact) mass is 441 g/mol. The average molecular weight is 442 g/mol. The minimum absolute atomic E-state index is 0.0715. The number of piperidine rings is 2. The number of rotatable bonds is 5. The molecule has 2 aliphatic heterocycles. The largest absolute Gasteiger partial charge is 0.372 e. The van der Waals surface area contributed by atoms with Crippen LogP contribution in [0.3, 0.4) is 0 Å². The van der Waals surface area contributed by atoms with E-state index >= 15 is 0 Å². The molecule has 2 saturated heterocycles. The standard InChI is InChI=1S/C23H27N3O4S/c1-17-13-15-25(16-14-17)19-7-5-18(6-8-19)24-31(29,30)21-11-9-20(10-12-21)26-22(27)3-2-4-23(26)28/h5-12,17,24H,2-4,13-16H2,1H3. The molecule has 2 amide bonds. The van der Waals surface area contributed by atoms with Gasteiger partial charge in [0.15, 0.2) is 0 Å². The Kier molecular flexibility index (Phi) is 6.00. The van der Waals surface area contributed by atoms with Crippen LogP contribution in [-0.2, 0) is 19.6 Å². The number of sulfonamides is 1. The van der Waals surface area contributed by atoms with Gasteiger partial charge in [0.2, 0.25) is 11.8 Å². The van der Waals surface area contributed by atoms with Gasteiger partial charge in [-0.05, 0) is 73.7 Å². The maximum Gasteiger partial charge on any atom is 0.261 e. The Morgan fingerprint density at radius 1 is 0.839 bits per heavy atom. The summed E-state index contributed by atoms with van der Waals surface area (Å²) in [6.07, 6.45) is 3.53. The van der Waals surface area contributed by atoms with Crippen molar-refractivity contribution in [2.24, 2.45) is 5.92 Å². The highest BCUT2D eigenvalue weighted by molar-refractivity contribution is 7.92. The van der Waals surface area contributed by atoms with Crippen LogP contribution < -0.4 is 14.5 Å². The lowest BCUT2D eigenvalue weighted by atomic mass is 9.99. The SMILES string of the molecule is CC1CCN(c2ccc(NS(=O)(=O)c3ccc(N4C(=O)CCCC4=O)cc3)cc2)CC1. The molecule has 4 rings (SSSR count). The highest BCUT2D eigenvalue weighted by Gasteiger charge is 2.27. The van der Waals surface area contributed by atoms with Crippen molar-refractivity contribution in [1.29, 1.82) is 0 Å². The third-order valence-corrected chi connectivity index (χ3v) is 7.35. The molecular formula is C23H27N3O4S. The molecule has 0 aliphatic carbocycles. The summed E-state index contributed by atoms with van der Waals surface area (Å²) in [5.74, 6) is 0.237. The van der Waals surface area contributed by atoms with Crippen LogP contribution in [0, 0.1) is 5.92 Å².